The highest BCUT2D eigenvalue weighted by Crippen LogP contribution is 2.30. The molecule has 0 unspecified atom stereocenters. The predicted molar refractivity (Wildman–Crippen MR) is 69.2 cm³/mol. The van der Waals surface area contributed by atoms with Gasteiger partial charge in [0.2, 0.25) is 5.88 Å². The van der Waals surface area contributed by atoms with Crippen molar-refractivity contribution in [3.63, 3.8) is 0 Å². The van der Waals surface area contributed by atoms with Gasteiger partial charge in [-0.05, 0) is 27.7 Å². The zero-order chi connectivity index (χ0) is 12.6. The molecule has 1 aromatic heterocycles. The molecule has 0 bridgehead atoms. The second kappa shape index (κ2) is 4.24. The maximum Gasteiger partial charge on any atom is 0.213 e. The topological polar surface area (TPSA) is 38.0 Å². The van der Waals surface area contributed by atoms with Crippen LogP contribution in [0.15, 0.2) is 24.3 Å². The molecule has 1 heterocycles. The monoisotopic (exact) mass is 230 g/mol. The fourth-order valence-corrected chi connectivity index (χ4v) is 1.85. The third-order valence-corrected chi connectivity index (χ3v) is 2.93. The van der Waals surface area contributed by atoms with Crippen molar-refractivity contribution in [1.29, 1.82) is 0 Å². The Balaban J connectivity index is 2.53. The Morgan fingerprint density at radius 1 is 1.12 bits per heavy atom. The smallest absolute Gasteiger partial charge is 0.213 e. The molecule has 0 aliphatic rings. The molecule has 1 aromatic carbocycles. The lowest BCUT2D eigenvalue weighted by Crippen LogP contribution is -2.01. The molecule has 0 spiro atoms. The quantitative estimate of drug-likeness (QED) is 0.858. The number of nitrogens with zero attached hydrogens (tertiary/aromatic N) is 2. The van der Waals surface area contributed by atoms with E-state index in [9.17, 15) is 5.11 Å². The number of aryl methyl sites for hydroxylation is 1. The van der Waals surface area contributed by atoms with E-state index in [1.165, 1.54) is 5.56 Å². The summed E-state index contributed by atoms with van der Waals surface area (Å²) >= 11 is 0. The van der Waals surface area contributed by atoms with Crippen LogP contribution in [0.3, 0.4) is 0 Å². The van der Waals surface area contributed by atoms with Gasteiger partial charge in [0.15, 0.2) is 0 Å². The van der Waals surface area contributed by atoms with Gasteiger partial charge in [-0.2, -0.15) is 5.10 Å². The largest absolute Gasteiger partial charge is 0.493 e. The van der Waals surface area contributed by atoms with Gasteiger partial charge in [0.25, 0.3) is 0 Å². The summed E-state index contributed by atoms with van der Waals surface area (Å²) in [7, 11) is 0. The molecule has 0 saturated carbocycles. The van der Waals surface area contributed by atoms with Gasteiger partial charge in [-0.1, -0.05) is 29.8 Å². The Hall–Kier alpha value is -1.77. The van der Waals surface area contributed by atoms with Crippen molar-refractivity contribution in [3.8, 4) is 17.1 Å². The first-order valence-corrected chi connectivity index (χ1v) is 5.86. The van der Waals surface area contributed by atoms with Crippen LogP contribution in [-0.2, 0) is 0 Å². The lowest BCUT2D eigenvalue weighted by Gasteiger charge is -2.05. The zero-order valence-corrected chi connectivity index (χ0v) is 10.7. The molecule has 3 heteroatoms. The highest BCUT2D eigenvalue weighted by atomic mass is 16.3. The first-order chi connectivity index (χ1) is 8.00. The lowest BCUT2D eigenvalue weighted by atomic mass is 10.1. The second-order valence-electron chi connectivity index (χ2n) is 4.70. The van der Waals surface area contributed by atoms with E-state index in [0.717, 1.165) is 16.8 Å². The minimum absolute atomic E-state index is 0.160. The molecular formula is C14H18N2O. The van der Waals surface area contributed by atoms with Gasteiger partial charge in [0, 0.05) is 11.1 Å². The summed E-state index contributed by atoms with van der Waals surface area (Å²) in [6.45, 7) is 7.97. The van der Waals surface area contributed by atoms with Crippen molar-refractivity contribution in [2.75, 3.05) is 0 Å². The molecule has 3 nitrogen and oxygen atoms in total. The fraction of sp³-hybridized carbons (Fsp3) is 0.357. The van der Waals surface area contributed by atoms with Crippen LogP contribution in [0.2, 0.25) is 0 Å². The maximum absolute atomic E-state index is 10.0. The highest BCUT2D eigenvalue weighted by molar-refractivity contribution is 5.65. The van der Waals surface area contributed by atoms with Gasteiger partial charge in [-0.3, -0.25) is 0 Å². The summed E-state index contributed by atoms with van der Waals surface area (Å²) in [4.78, 5) is 0. The fourth-order valence-electron chi connectivity index (χ4n) is 1.85. The minimum atomic E-state index is 0.160. The van der Waals surface area contributed by atoms with Gasteiger partial charge in [-0.25, -0.2) is 4.68 Å². The van der Waals surface area contributed by atoms with Crippen molar-refractivity contribution in [2.24, 2.45) is 0 Å². The van der Waals surface area contributed by atoms with Crippen molar-refractivity contribution in [3.05, 3.63) is 35.4 Å². The van der Waals surface area contributed by atoms with E-state index < -0.39 is 0 Å². The number of rotatable bonds is 2. The van der Waals surface area contributed by atoms with Gasteiger partial charge < -0.3 is 5.11 Å². The third kappa shape index (κ3) is 2.05. The number of hydrogen-bond acceptors (Lipinski definition) is 2. The summed E-state index contributed by atoms with van der Waals surface area (Å²) in [5.74, 6) is 0.260. The normalized spacial score (nSPS) is 11.1. The average Bonchev–Trinajstić information content (AvgIpc) is 2.58. The minimum Gasteiger partial charge on any atom is -0.493 e. The van der Waals surface area contributed by atoms with E-state index in [2.05, 4.69) is 24.2 Å². The summed E-state index contributed by atoms with van der Waals surface area (Å²) in [5.41, 5.74) is 3.96. The highest BCUT2D eigenvalue weighted by Gasteiger charge is 2.16. The van der Waals surface area contributed by atoms with Crippen LogP contribution in [0.1, 0.15) is 31.0 Å². The van der Waals surface area contributed by atoms with Crippen LogP contribution < -0.4 is 0 Å². The van der Waals surface area contributed by atoms with E-state index >= 15 is 0 Å². The molecule has 0 fully saturated rings. The first kappa shape index (κ1) is 11.7. The van der Waals surface area contributed by atoms with E-state index in [-0.39, 0.29) is 11.9 Å². The predicted octanol–water partition coefficient (Wildman–Crippen LogP) is 3.45. The standard InChI is InChI=1S/C14H18N2O/c1-9(2)16-14(17)11(4)13(15-16)12-7-5-10(3)6-8-12/h5-9,17H,1-4H3. The lowest BCUT2D eigenvalue weighted by molar-refractivity contribution is 0.375. The molecule has 0 amide bonds. The molecule has 90 valence electrons. The zero-order valence-electron chi connectivity index (χ0n) is 10.7. The molecular weight excluding hydrogens is 212 g/mol. The van der Waals surface area contributed by atoms with Gasteiger partial charge >= 0.3 is 0 Å². The van der Waals surface area contributed by atoms with Crippen LogP contribution in [0.4, 0.5) is 0 Å². The van der Waals surface area contributed by atoms with Crippen molar-refractivity contribution >= 4 is 0 Å². The molecule has 0 saturated heterocycles. The third-order valence-electron chi connectivity index (χ3n) is 2.93. The summed E-state index contributed by atoms with van der Waals surface area (Å²) in [6, 6.07) is 8.34. The van der Waals surface area contributed by atoms with Gasteiger partial charge in [-0.15, -0.1) is 0 Å². The number of benzene rings is 1. The Morgan fingerprint density at radius 2 is 1.71 bits per heavy atom. The summed E-state index contributed by atoms with van der Waals surface area (Å²) in [5, 5.41) is 14.5. The molecule has 2 aromatic rings. The summed E-state index contributed by atoms with van der Waals surface area (Å²) < 4.78 is 1.66. The van der Waals surface area contributed by atoms with E-state index in [0.29, 0.717) is 0 Å². The van der Waals surface area contributed by atoms with Gasteiger partial charge in [0.05, 0.1) is 11.7 Å². The summed E-state index contributed by atoms with van der Waals surface area (Å²) in [6.07, 6.45) is 0. The Bertz CT molecular complexity index is 524. The average molecular weight is 230 g/mol. The molecule has 0 aliphatic carbocycles. The molecule has 0 atom stereocenters. The Kier molecular flexibility index (Phi) is 2.92. The molecule has 0 radical (unpaired) electrons. The molecule has 1 N–H and O–H groups in total. The molecule has 0 aliphatic heterocycles. The Labute approximate surface area is 102 Å². The Morgan fingerprint density at radius 3 is 2.18 bits per heavy atom. The van der Waals surface area contributed by atoms with Crippen molar-refractivity contribution in [1.82, 2.24) is 9.78 Å². The van der Waals surface area contributed by atoms with Crippen LogP contribution in [-0.4, -0.2) is 14.9 Å². The second-order valence-corrected chi connectivity index (χ2v) is 4.70. The first-order valence-electron chi connectivity index (χ1n) is 5.86. The number of aromatic nitrogens is 2. The maximum atomic E-state index is 10.0. The van der Waals surface area contributed by atoms with E-state index in [4.69, 9.17) is 0 Å². The van der Waals surface area contributed by atoms with Crippen LogP contribution in [0, 0.1) is 13.8 Å². The van der Waals surface area contributed by atoms with Crippen LogP contribution >= 0.6 is 0 Å². The van der Waals surface area contributed by atoms with Crippen LogP contribution in [0.25, 0.3) is 11.3 Å². The van der Waals surface area contributed by atoms with Crippen LogP contribution in [0.5, 0.6) is 5.88 Å². The van der Waals surface area contributed by atoms with E-state index in [1.807, 2.05) is 32.9 Å². The molecule has 17 heavy (non-hydrogen) atoms. The van der Waals surface area contributed by atoms with Crippen molar-refractivity contribution in [2.45, 2.75) is 33.7 Å². The van der Waals surface area contributed by atoms with Crippen molar-refractivity contribution < 1.29 is 5.11 Å². The SMILES string of the molecule is Cc1ccc(-c2nn(C(C)C)c(O)c2C)cc1. The number of aromatic hydroxyl groups is 1. The molecule has 2 rings (SSSR count). The van der Waals surface area contributed by atoms with E-state index in [1.54, 1.807) is 4.68 Å². The van der Waals surface area contributed by atoms with Gasteiger partial charge in [0.1, 0.15) is 0 Å². The number of hydrogen-bond donors (Lipinski definition) is 1.